The molecule has 0 aromatic carbocycles. The molecule has 0 saturated carbocycles. The monoisotopic (exact) mass is 461 g/mol. The van der Waals surface area contributed by atoms with Gasteiger partial charge in [-0.3, -0.25) is 4.79 Å². The number of hydrogen-bond donors (Lipinski definition) is 1. The van der Waals surface area contributed by atoms with Crippen LogP contribution < -0.4 is 5.32 Å². The number of unbranched alkanes of at least 4 members (excludes halogenated alkanes) is 7. The van der Waals surface area contributed by atoms with Gasteiger partial charge in [0.25, 0.3) is 0 Å². The van der Waals surface area contributed by atoms with Crippen LogP contribution in [0.25, 0.3) is 0 Å². The Balaban J connectivity index is 4.02. The van der Waals surface area contributed by atoms with E-state index in [1.54, 1.807) is 0 Å². The SMILES string of the molecule is CCCCCCCCCCOC(=O)CNCCC[Si](OC(C)C)(OC(C)C)OC(C)C. The molecule has 0 aliphatic carbocycles. The van der Waals surface area contributed by atoms with E-state index < -0.39 is 8.80 Å². The lowest BCUT2D eigenvalue weighted by Gasteiger charge is -2.34. The van der Waals surface area contributed by atoms with Crippen molar-refractivity contribution in [1.82, 2.24) is 5.32 Å². The van der Waals surface area contributed by atoms with Gasteiger partial charge < -0.3 is 23.3 Å². The van der Waals surface area contributed by atoms with Gasteiger partial charge in [-0.25, -0.2) is 0 Å². The third-order valence-electron chi connectivity index (χ3n) is 4.61. The van der Waals surface area contributed by atoms with Crippen molar-refractivity contribution in [3.63, 3.8) is 0 Å². The van der Waals surface area contributed by atoms with Gasteiger partial charge >= 0.3 is 14.8 Å². The molecule has 0 aliphatic rings. The molecule has 0 aromatic heterocycles. The van der Waals surface area contributed by atoms with Gasteiger partial charge in [0, 0.05) is 24.4 Å². The zero-order valence-electron chi connectivity index (χ0n) is 21.5. The zero-order valence-corrected chi connectivity index (χ0v) is 22.5. The first-order valence-electron chi connectivity index (χ1n) is 12.6. The third-order valence-corrected chi connectivity index (χ3v) is 8.07. The van der Waals surface area contributed by atoms with E-state index in [1.807, 2.05) is 41.5 Å². The second kappa shape index (κ2) is 19.0. The predicted molar refractivity (Wildman–Crippen MR) is 130 cm³/mol. The molecule has 0 radical (unpaired) electrons. The van der Waals surface area contributed by atoms with Crippen LogP contribution >= 0.6 is 0 Å². The van der Waals surface area contributed by atoms with Crippen molar-refractivity contribution in [2.24, 2.45) is 0 Å². The van der Waals surface area contributed by atoms with E-state index in [0.29, 0.717) is 13.2 Å². The minimum atomic E-state index is -2.76. The zero-order chi connectivity index (χ0) is 23.5. The van der Waals surface area contributed by atoms with E-state index in [1.165, 1.54) is 38.5 Å². The van der Waals surface area contributed by atoms with Gasteiger partial charge in [0.2, 0.25) is 0 Å². The molecule has 0 unspecified atom stereocenters. The second-order valence-electron chi connectivity index (χ2n) is 9.16. The van der Waals surface area contributed by atoms with Gasteiger partial charge in [-0.2, -0.15) is 0 Å². The highest BCUT2D eigenvalue weighted by atomic mass is 28.4. The van der Waals surface area contributed by atoms with Gasteiger partial charge in [0.15, 0.2) is 0 Å². The Kier molecular flexibility index (Phi) is 18.7. The molecule has 0 amide bonds. The van der Waals surface area contributed by atoms with Crippen molar-refractivity contribution in [3.05, 3.63) is 0 Å². The fourth-order valence-corrected chi connectivity index (χ4v) is 6.72. The molecule has 1 N–H and O–H groups in total. The fraction of sp³-hybridized carbons (Fsp3) is 0.958. The van der Waals surface area contributed by atoms with Crippen molar-refractivity contribution >= 4 is 14.8 Å². The van der Waals surface area contributed by atoms with Crippen molar-refractivity contribution < 1.29 is 22.8 Å². The molecule has 0 aromatic rings. The fourth-order valence-electron chi connectivity index (χ4n) is 3.43. The van der Waals surface area contributed by atoms with Crippen LogP contribution in [0.5, 0.6) is 0 Å². The minimum Gasteiger partial charge on any atom is -0.465 e. The minimum absolute atomic E-state index is 0.0449. The summed E-state index contributed by atoms with van der Waals surface area (Å²) in [6.07, 6.45) is 10.9. The molecule has 0 aliphatic heterocycles. The number of nitrogens with one attached hydrogen (secondary N) is 1. The van der Waals surface area contributed by atoms with E-state index in [2.05, 4.69) is 12.2 Å². The summed E-state index contributed by atoms with van der Waals surface area (Å²) in [5.74, 6) is -0.179. The average Bonchev–Trinajstić information content (AvgIpc) is 2.64. The third kappa shape index (κ3) is 18.8. The maximum atomic E-state index is 11.9. The molecule has 0 fully saturated rings. The lowest BCUT2D eigenvalue weighted by atomic mass is 10.1. The summed E-state index contributed by atoms with van der Waals surface area (Å²) in [6, 6.07) is 0.724. The van der Waals surface area contributed by atoms with Crippen molar-refractivity contribution in [2.45, 2.75) is 131 Å². The highest BCUT2D eigenvalue weighted by molar-refractivity contribution is 6.60. The lowest BCUT2D eigenvalue weighted by Crippen LogP contribution is -2.51. The van der Waals surface area contributed by atoms with Crippen molar-refractivity contribution in [3.8, 4) is 0 Å². The standard InChI is InChI=1S/C24H51NO5Si/c1-8-9-10-11-12-13-14-15-18-27-24(26)20-25-17-16-19-31(28-21(2)3,29-22(4)5)30-23(6)7/h21-23,25H,8-20H2,1-7H3. The second-order valence-corrected chi connectivity index (χ2v) is 11.7. The van der Waals surface area contributed by atoms with Gasteiger partial charge in [0.05, 0.1) is 13.2 Å². The molecule has 0 saturated heterocycles. The molecule has 6 nitrogen and oxygen atoms in total. The maximum absolute atomic E-state index is 11.9. The van der Waals surface area contributed by atoms with Crippen LogP contribution in [0.4, 0.5) is 0 Å². The number of hydrogen-bond acceptors (Lipinski definition) is 6. The Morgan fingerprint density at radius 3 is 1.71 bits per heavy atom. The van der Waals surface area contributed by atoms with Crippen LogP contribution in [0, 0.1) is 0 Å². The molecule has 31 heavy (non-hydrogen) atoms. The Morgan fingerprint density at radius 1 is 0.742 bits per heavy atom. The highest BCUT2D eigenvalue weighted by Crippen LogP contribution is 2.23. The first-order chi connectivity index (χ1) is 14.7. The topological polar surface area (TPSA) is 66.0 Å². The number of ether oxygens (including phenoxy) is 1. The number of rotatable bonds is 21. The molecular weight excluding hydrogens is 410 g/mol. The van der Waals surface area contributed by atoms with Gasteiger partial charge in [-0.05, 0) is 60.9 Å². The summed E-state index contributed by atoms with van der Waals surface area (Å²) in [6.45, 7) is 15.8. The van der Waals surface area contributed by atoms with Gasteiger partial charge in [0.1, 0.15) is 0 Å². The number of esters is 1. The molecule has 0 atom stereocenters. The summed E-state index contributed by atoms with van der Waals surface area (Å²) in [5, 5.41) is 3.18. The molecular formula is C24H51NO5Si. The van der Waals surface area contributed by atoms with Crippen LogP contribution in [-0.4, -0.2) is 52.8 Å². The smallest absolute Gasteiger partial charge is 0.465 e. The average molecular weight is 462 g/mol. The first kappa shape index (κ1) is 30.5. The Labute approximate surface area is 193 Å². The van der Waals surface area contributed by atoms with Crippen LogP contribution in [0.2, 0.25) is 6.04 Å². The maximum Gasteiger partial charge on any atom is 0.501 e. The van der Waals surface area contributed by atoms with E-state index in [-0.39, 0.29) is 30.8 Å². The Morgan fingerprint density at radius 2 is 1.23 bits per heavy atom. The summed E-state index contributed by atoms with van der Waals surface area (Å²) in [7, 11) is -2.76. The predicted octanol–water partition coefficient (Wildman–Crippen LogP) is 5.86. The van der Waals surface area contributed by atoms with E-state index in [9.17, 15) is 4.79 Å². The first-order valence-corrected chi connectivity index (χ1v) is 14.5. The van der Waals surface area contributed by atoms with E-state index in [0.717, 1.165) is 25.3 Å². The van der Waals surface area contributed by atoms with Crippen molar-refractivity contribution in [1.29, 1.82) is 0 Å². The summed E-state index contributed by atoms with van der Waals surface area (Å²) < 4.78 is 23.9. The molecule has 0 rings (SSSR count). The van der Waals surface area contributed by atoms with Crippen LogP contribution in [0.15, 0.2) is 0 Å². The van der Waals surface area contributed by atoms with Crippen molar-refractivity contribution in [2.75, 3.05) is 19.7 Å². The van der Waals surface area contributed by atoms with E-state index >= 15 is 0 Å². The number of carbonyl (C=O) groups is 1. The molecule has 0 bridgehead atoms. The van der Waals surface area contributed by atoms with Crippen LogP contribution in [0.1, 0.15) is 106 Å². The summed E-state index contributed by atoms with van der Waals surface area (Å²) >= 11 is 0. The summed E-state index contributed by atoms with van der Waals surface area (Å²) in [4.78, 5) is 11.9. The lowest BCUT2D eigenvalue weighted by molar-refractivity contribution is -0.142. The summed E-state index contributed by atoms with van der Waals surface area (Å²) in [5.41, 5.74) is 0. The van der Waals surface area contributed by atoms with Gasteiger partial charge in [-0.15, -0.1) is 0 Å². The van der Waals surface area contributed by atoms with Crippen LogP contribution in [-0.2, 0) is 22.8 Å². The Bertz CT molecular complexity index is 406. The molecule has 0 heterocycles. The van der Waals surface area contributed by atoms with Crippen LogP contribution in [0.3, 0.4) is 0 Å². The molecule has 0 spiro atoms. The molecule has 7 heteroatoms. The molecule has 186 valence electrons. The quantitative estimate of drug-likeness (QED) is 0.131. The van der Waals surface area contributed by atoms with E-state index in [4.69, 9.17) is 18.0 Å². The highest BCUT2D eigenvalue weighted by Gasteiger charge is 2.43. The Hall–Kier alpha value is -0.473. The van der Waals surface area contributed by atoms with Gasteiger partial charge in [-0.1, -0.05) is 51.9 Å². The normalized spacial score (nSPS) is 12.3. The number of carbonyl (C=O) groups excluding carboxylic acids is 1. The largest absolute Gasteiger partial charge is 0.501 e.